The predicted molar refractivity (Wildman–Crippen MR) is 343 cm³/mol. The van der Waals surface area contributed by atoms with E-state index in [1.54, 1.807) is 0 Å². The van der Waals surface area contributed by atoms with Crippen molar-refractivity contribution in [2.75, 3.05) is 26.4 Å². The second-order valence-corrected chi connectivity index (χ2v) is 22.6. The molecule has 0 amide bonds. The minimum absolute atomic E-state index is 0.340. The fraction of sp³-hybridized carbons (Fsp3) is 0.507. The van der Waals surface area contributed by atoms with Gasteiger partial charge in [-0.2, -0.15) is 0 Å². The van der Waals surface area contributed by atoms with E-state index < -0.39 is 78.8 Å². The minimum Gasteiger partial charge on any atom is -0.502 e. The van der Waals surface area contributed by atoms with Crippen molar-refractivity contribution >= 4 is 46.2 Å². The van der Waals surface area contributed by atoms with Gasteiger partial charge in [0.2, 0.25) is 23.0 Å². The first-order chi connectivity index (χ1) is 41.2. The number of esters is 4. The lowest BCUT2D eigenvalue weighted by molar-refractivity contribution is -0.169. The molecule has 4 aromatic rings. The number of hydrogen-bond acceptors (Lipinski definition) is 12. The summed E-state index contributed by atoms with van der Waals surface area (Å²) >= 11 is 0. The maximum atomic E-state index is 14.6. The van der Waals surface area contributed by atoms with E-state index >= 15 is 0 Å². The van der Waals surface area contributed by atoms with E-state index in [2.05, 4.69) is 27.7 Å². The van der Waals surface area contributed by atoms with E-state index in [1.165, 1.54) is 0 Å². The number of unbranched alkanes of at least 4 members (excludes halogenated alkanes) is 8. The molecule has 0 unspecified atom stereocenters. The van der Waals surface area contributed by atoms with Crippen molar-refractivity contribution in [1.82, 2.24) is 0 Å². The van der Waals surface area contributed by atoms with Crippen LogP contribution < -0.4 is 0 Å². The third-order valence-electron chi connectivity index (χ3n) is 15.6. The molecule has 4 N–H and O–H groups in total. The van der Waals surface area contributed by atoms with Gasteiger partial charge in [-0.05, 0) is 147 Å². The monoisotopic (exact) mass is 1170 g/mol. The number of aryl methyl sites for hydroxylation is 4. The number of allylic oxidation sites excluding steroid dienone is 4. The number of aliphatic hydroxyl groups is 4. The topological polar surface area (TPSA) is 186 Å². The molecule has 0 aliphatic heterocycles. The summed E-state index contributed by atoms with van der Waals surface area (Å²) in [6, 6.07) is 30.4. The molecule has 12 heteroatoms. The Labute approximate surface area is 508 Å². The number of carbonyl (C=O) groups is 4. The van der Waals surface area contributed by atoms with Crippen molar-refractivity contribution in [2.24, 2.45) is 5.41 Å². The van der Waals surface area contributed by atoms with Crippen LogP contribution in [0.15, 0.2) is 120 Å². The Morgan fingerprint density at radius 2 is 0.494 bits per heavy atom. The molecule has 0 aliphatic carbocycles. The summed E-state index contributed by atoms with van der Waals surface area (Å²) in [5, 5.41) is 48.2. The Morgan fingerprint density at radius 3 is 0.682 bits per heavy atom. The highest BCUT2D eigenvalue weighted by atomic mass is 16.6. The normalized spacial score (nSPS) is 13.4. The van der Waals surface area contributed by atoms with Crippen LogP contribution in [0.5, 0.6) is 0 Å². The Hall–Kier alpha value is -7.08. The van der Waals surface area contributed by atoms with Crippen LogP contribution in [0, 0.1) is 5.41 Å². The molecule has 0 aromatic heterocycles. The molecule has 0 heterocycles. The predicted octanol–water partition coefficient (Wildman–Crippen LogP) is 18.2. The van der Waals surface area contributed by atoms with E-state index in [0.717, 1.165) is 99.3 Å². The lowest BCUT2D eigenvalue weighted by Crippen LogP contribution is -2.44. The van der Waals surface area contributed by atoms with Gasteiger partial charge in [-0.25, -0.2) is 19.2 Å². The molecular formula is C73H100O12. The smallest absolute Gasteiger partial charge is 0.373 e. The highest BCUT2D eigenvalue weighted by Crippen LogP contribution is 2.35. The lowest BCUT2D eigenvalue weighted by atomic mass is 9.90. The van der Waals surface area contributed by atoms with Crippen molar-refractivity contribution in [2.45, 2.75) is 209 Å². The molecular weight excluding hydrogens is 1070 g/mol. The number of rotatable bonds is 40. The highest BCUT2D eigenvalue weighted by molar-refractivity contribution is 5.98. The van der Waals surface area contributed by atoms with Gasteiger partial charge < -0.3 is 39.4 Å². The van der Waals surface area contributed by atoms with Gasteiger partial charge in [0.05, 0.1) is 0 Å². The number of hydrogen-bond donors (Lipinski definition) is 4. The average molecular weight is 1170 g/mol. The molecule has 0 fully saturated rings. The van der Waals surface area contributed by atoms with E-state index in [9.17, 15) is 39.6 Å². The first-order valence-electron chi connectivity index (χ1n) is 31.9. The third-order valence-corrected chi connectivity index (χ3v) is 15.6. The first-order valence-corrected chi connectivity index (χ1v) is 31.9. The molecule has 464 valence electrons. The summed E-state index contributed by atoms with van der Waals surface area (Å²) in [6.07, 6.45) is 17.0. The van der Waals surface area contributed by atoms with Gasteiger partial charge in [0.15, 0.2) is 0 Å². The summed E-state index contributed by atoms with van der Waals surface area (Å²) < 4.78 is 24.3. The Bertz CT molecular complexity index is 2480. The van der Waals surface area contributed by atoms with Crippen molar-refractivity contribution in [3.8, 4) is 0 Å². The second-order valence-electron chi connectivity index (χ2n) is 22.6. The van der Waals surface area contributed by atoms with Crippen LogP contribution in [-0.2, 0) is 63.8 Å². The zero-order valence-electron chi connectivity index (χ0n) is 52.6. The van der Waals surface area contributed by atoms with Crippen LogP contribution in [0.2, 0.25) is 0 Å². The third kappa shape index (κ3) is 21.7. The van der Waals surface area contributed by atoms with Crippen molar-refractivity contribution < 1.29 is 58.6 Å². The molecule has 4 aromatic carbocycles. The quantitative estimate of drug-likeness (QED) is 0.0143. The van der Waals surface area contributed by atoms with Crippen molar-refractivity contribution in [3.05, 3.63) is 165 Å². The van der Waals surface area contributed by atoms with Crippen LogP contribution in [0.3, 0.4) is 0 Å². The molecule has 0 aliphatic rings. The molecule has 0 bridgehead atoms. The molecule has 4 rings (SSSR count). The summed E-state index contributed by atoms with van der Waals surface area (Å²) in [7, 11) is 0. The number of benzene rings is 4. The van der Waals surface area contributed by atoms with Gasteiger partial charge >= 0.3 is 23.9 Å². The second kappa shape index (κ2) is 38.8. The zero-order valence-corrected chi connectivity index (χ0v) is 52.6. The van der Waals surface area contributed by atoms with Gasteiger partial charge in [0.25, 0.3) is 0 Å². The van der Waals surface area contributed by atoms with Crippen molar-refractivity contribution in [3.63, 3.8) is 0 Å². The highest BCUT2D eigenvalue weighted by Gasteiger charge is 2.40. The minimum atomic E-state index is -2.01. The number of aliphatic hydroxyl groups excluding tert-OH is 4. The average Bonchev–Trinajstić information content (AvgIpc) is 3.73. The summed E-state index contributed by atoms with van der Waals surface area (Å²) in [6.45, 7) is 13.2. The van der Waals surface area contributed by atoms with Crippen LogP contribution in [0.25, 0.3) is 22.3 Å². The summed E-state index contributed by atoms with van der Waals surface area (Å²) in [5.74, 6) is -7.15. The summed E-state index contributed by atoms with van der Waals surface area (Å²) in [5.41, 5.74) is 6.13. The lowest BCUT2D eigenvalue weighted by Gasteiger charge is -2.31. The molecule has 0 spiro atoms. The maximum absolute atomic E-state index is 14.6. The zero-order chi connectivity index (χ0) is 62.0. The van der Waals surface area contributed by atoms with Gasteiger partial charge in [-0.15, -0.1) is 0 Å². The van der Waals surface area contributed by atoms with Crippen LogP contribution in [0.4, 0.5) is 0 Å². The largest absolute Gasteiger partial charge is 0.502 e. The van der Waals surface area contributed by atoms with Gasteiger partial charge in [-0.3, -0.25) is 0 Å². The van der Waals surface area contributed by atoms with Crippen LogP contribution in [-0.4, -0.2) is 70.7 Å². The molecule has 0 saturated carbocycles. The first kappa shape index (κ1) is 70.4. The number of ether oxygens (including phenoxy) is 4. The Balaban J connectivity index is 2.00. The standard InChI is InChI=1S/C73H100O12/c1-9-17-33-53-37-25-29-45-57(53)61(41-21-13-5)65(74)69(78)82-49-73(50-83-70(79)66(75)62(42-22-14-6)58-46-30-26-38-54(58)34-18-10-2,51-84-71(80)67(76)63(43-23-15-7)59-47-31-27-39-55(59)35-19-11-3)52-85-72(81)68(77)64(44-24-16-8)60-48-32-28-40-56(60)36-20-12-4/h25-32,37-40,45-48,74-77H,9-24,33-36,41-44,49-52H2,1-8H3. The van der Waals surface area contributed by atoms with Gasteiger partial charge in [0, 0.05) is 22.3 Å². The maximum Gasteiger partial charge on any atom is 0.373 e. The van der Waals surface area contributed by atoms with Crippen molar-refractivity contribution in [1.29, 1.82) is 0 Å². The molecule has 0 radical (unpaired) electrons. The van der Waals surface area contributed by atoms with Crippen LogP contribution in [0.1, 0.15) is 228 Å². The van der Waals surface area contributed by atoms with E-state index in [4.69, 9.17) is 18.9 Å². The number of carbonyl (C=O) groups excluding carboxylic acids is 4. The Morgan fingerprint density at radius 1 is 0.306 bits per heavy atom. The van der Waals surface area contributed by atoms with Gasteiger partial charge in [-0.1, -0.05) is 204 Å². The van der Waals surface area contributed by atoms with Gasteiger partial charge in [0.1, 0.15) is 31.8 Å². The fourth-order valence-corrected chi connectivity index (χ4v) is 10.4. The summed E-state index contributed by atoms with van der Waals surface area (Å²) in [4.78, 5) is 58.4. The van der Waals surface area contributed by atoms with Crippen LogP contribution >= 0.6 is 0 Å². The molecule has 0 saturated heterocycles. The molecule has 85 heavy (non-hydrogen) atoms. The van der Waals surface area contributed by atoms with E-state index in [1.807, 2.05) is 125 Å². The van der Waals surface area contributed by atoms with E-state index in [0.29, 0.717) is 122 Å². The Kier molecular flexibility index (Phi) is 32.1. The molecule has 0 atom stereocenters. The SMILES string of the molecule is CCCCC(=C(O)C(=O)OCC(COC(=O)C(O)=C(CCCC)c1ccccc1CCCC)(COC(=O)C(O)=C(CCCC)c1ccccc1CCCC)COC(=O)C(O)=C(CCCC)c1ccccc1CCCC)c1ccccc1CCCC. The molecule has 12 nitrogen and oxygen atoms in total. The fourth-order valence-electron chi connectivity index (χ4n) is 10.4. The van der Waals surface area contributed by atoms with E-state index in [-0.39, 0.29) is 0 Å².